The maximum Gasteiger partial charge on any atom is 0.328 e. The van der Waals surface area contributed by atoms with E-state index in [4.69, 9.17) is 0 Å². The van der Waals surface area contributed by atoms with E-state index < -0.39 is 78.5 Å². The van der Waals surface area contributed by atoms with E-state index in [1.807, 2.05) is 0 Å². The zero-order chi connectivity index (χ0) is 29.5. The number of pyridine rings is 1. The number of hydrogen-bond acceptors (Lipinski definition) is 5. The first-order valence-electron chi connectivity index (χ1n) is 13.1. The van der Waals surface area contributed by atoms with Gasteiger partial charge in [-0.15, -0.1) is 0 Å². The second-order valence-electron chi connectivity index (χ2n) is 10.5. The van der Waals surface area contributed by atoms with Crippen LogP contribution in [0, 0.1) is 12.9 Å². The monoisotopic (exact) mass is 573 g/mol. The second-order valence-corrected chi connectivity index (χ2v) is 10.5. The van der Waals surface area contributed by atoms with Gasteiger partial charge in [-0.3, -0.25) is 23.9 Å². The van der Waals surface area contributed by atoms with Gasteiger partial charge in [0.15, 0.2) is 0 Å². The molecule has 41 heavy (non-hydrogen) atoms. The largest absolute Gasteiger partial charge is 0.342 e. The summed E-state index contributed by atoms with van der Waals surface area (Å²) in [6, 6.07) is 9.09. The molecule has 2 aromatic heterocycles. The molecular formula is C28H27F4N5O4. The molecule has 3 aromatic rings. The molecule has 1 aliphatic carbocycles. The van der Waals surface area contributed by atoms with Crippen LogP contribution in [0.5, 0.6) is 0 Å². The number of benzene rings is 1. The summed E-state index contributed by atoms with van der Waals surface area (Å²) in [5.41, 5.74) is -0.537. The third-order valence-corrected chi connectivity index (χ3v) is 7.51. The summed E-state index contributed by atoms with van der Waals surface area (Å²) < 4.78 is 57.2. The van der Waals surface area contributed by atoms with Crippen molar-refractivity contribution in [2.24, 2.45) is 0 Å². The number of likely N-dealkylation sites (tertiary alicyclic amines) is 1. The summed E-state index contributed by atoms with van der Waals surface area (Å²) in [4.78, 5) is 57.4. The minimum atomic E-state index is -2.83. The van der Waals surface area contributed by atoms with Crippen molar-refractivity contribution in [3.63, 3.8) is 0 Å². The minimum absolute atomic E-state index is 0.0679. The topological polar surface area (TPSA) is 117 Å². The Bertz CT molecular complexity index is 1580. The lowest BCUT2D eigenvalue weighted by molar-refractivity contribution is -0.139. The molecule has 0 unspecified atom stereocenters. The van der Waals surface area contributed by atoms with Crippen LogP contribution >= 0.6 is 0 Å². The zero-order valence-corrected chi connectivity index (χ0v) is 22.0. The highest BCUT2D eigenvalue weighted by Gasteiger charge is 2.47. The molecule has 13 heteroatoms. The average Bonchev–Trinajstić information content (AvgIpc) is 3.31. The van der Waals surface area contributed by atoms with Crippen LogP contribution in [-0.4, -0.2) is 55.9 Å². The van der Waals surface area contributed by atoms with Gasteiger partial charge < -0.3 is 10.2 Å². The van der Waals surface area contributed by atoms with Crippen LogP contribution in [0.2, 0.25) is 0 Å². The van der Waals surface area contributed by atoms with Gasteiger partial charge >= 0.3 is 5.69 Å². The van der Waals surface area contributed by atoms with Gasteiger partial charge in [0.05, 0.1) is 18.3 Å². The molecule has 2 fully saturated rings. The highest BCUT2D eigenvalue weighted by Crippen LogP contribution is 2.48. The summed E-state index contributed by atoms with van der Waals surface area (Å²) in [5.74, 6) is -5.83. The highest BCUT2D eigenvalue weighted by molar-refractivity contribution is 5.88. The number of nitrogens with zero attached hydrogens (tertiary/aromatic N) is 3. The quantitative estimate of drug-likeness (QED) is 0.333. The van der Waals surface area contributed by atoms with Gasteiger partial charge in [-0.25, -0.2) is 22.9 Å². The molecule has 1 saturated heterocycles. The van der Waals surface area contributed by atoms with E-state index in [2.05, 4.69) is 15.3 Å². The number of carbonyl (C=O) groups is 2. The summed E-state index contributed by atoms with van der Waals surface area (Å²) in [7, 11) is 0. The fourth-order valence-corrected chi connectivity index (χ4v) is 5.30. The van der Waals surface area contributed by atoms with Crippen LogP contribution in [0.1, 0.15) is 53.6 Å². The van der Waals surface area contributed by atoms with Crippen molar-refractivity contribution in [3.8, 4) is 0 Å². The maximum atomic E-state index is 15.0. The van der Waals surface area contributed by atoms with Crippen molar-refractivity contribution in [2.75, 3.05) is 6.54 Å². The smallest absolute Gasteiger partial charge is 0.328 e. The Kier molecular flexibility index (Phi) is 7.54. The molecule has 1 saturated carbocycles. The number of H-pyrrole nitrogens is 1. The Morgan fingerprint density at radius 1 is 1.15 bits per heavy atom. The normalized spacial score (nSPS) is 20.9. The standard InChI is InChI=1S/C28H27F4N5O4/c1-15-12-36(27(41)35-25(15)39)14-22(38)37-13-18(29)9-21(37)26(40)34-23(16-5-3-2-4-6-16)20-8-7-19(24(30)33-20)17-10-28(31,32)11-17/h2-8,12,17-18,21,23H,9-11,13-14H2,1H3,(H,34,40)(H,35,39,41)/t18-,21+,23+/m1/s1. The van der Waals surface area contributed by atoms with Gasteiger partial charge in [0.25, 0.3) is 5.56 Å². The van der Waals surface area contributed by atoms with E-state index in [0.717, 1.165) is 9.47 Å². The molecule has 5 rings (SSSR count). The van der Waals surface area contributed by atoms with Crippen molar-refractivity contribution in [2.45, 2.75) is 62.8 Å². The maximum absolute atomic E-state index is 15.0. The average molecular weight is 574 g/mol. The Hall–Kier alpha value is -4.29. The molecule has 3 heterocycles. The van der Waals surface area contributed by atoms with Crippen LogP contribution in [0.25, 0.3) is 0 Å². The molecule has 0 radical (unpaired) electrons. The number of aromatic amines is 1. The number of nitrogens with one attached hydrogen (secondary N) is 2. The van der Waals surface area contributed by atoms with Crippen molar-refractivity contribution in [1.82, 2.24) is 24.8 Å². The number of rotatable bonds is 7. The van der Waals surface area contributed by atoms with Gasteiger partial charge in [0.1, 0.15) is 18.8 Å². The lowest BCUT2D eigenvalue weighted by Crippen LogP contribution is -2.48. The molecule has 0 spiro atoms. The molecule has 2 amide bonds. The van der Waals surface area contributed by atoms with Gasteiger partial charge in [-0.05, 0) is 24.5 Å². The van der Waals surface area contributed by atoms with Crippen molar-refractivity contribution >= 4 is 11.8 Å². The predicted octanol–water partition coefficient (Wildman–Crippen LogP) is 2.74. The number of aryl methyl sites for hydroxylation is 1. The number of alkyl halides is 3. The van der Waals surface area contributed by atoms with Gasteiger partial charge in [-0.2, -0.15) is 4.39 Å². The number of carbonyl (C=O) groups excluding carboxylic acids is 2. The van der Waals surface area contributed by atoms with Crippen molar-refractivity contribution < 1.29 is 27.2 Å². The number of halogens is 4. The van der Waals surface area contributed by atoms with E-state index in [9.17, 15) is 36.7 Å². The Morgan fingerprint density at radius 2 is 1.85 bits per heavy atom. The van der Waals surface area contributed by atoms with E-state index >= 15 is 0 Å². The summed E-state index contributed by atoms with van der Waals surface area (Å²) in [5, 5.41) is 2.74. The molecule has 1 aliphatic heterocycles. The minimum Gasteiger partial charge on any atom is -0.342 e. The SMILES string of the molecule is Cc1cn(CC(=O)N2C[C@H](F)C[C@H]2C(=O)N[C@@H](c2ccccc2)c2ccc(C3CC(F)(F)C3)c(F)n2)c(=O)[nH]c1=O. The van der Waals surface area contributed by atoms with Gasteiger partial charge in [0.2, 0.25) is 23.7 Å². The lowest BCUT2D eigenvalue weighted by atomic mass is 9.77. The highest BCUT2D eigenvalue weighted by atomic mass is 19.3. The zero-order valence-electron chi connectivity index (χ0n) is 22.0. The Labute approximate surface area is 231 Å². The predicted molar refractivity (Wildman–Crippen MR) is 139 cm³/mol. The molecule has 3 atom stereocenters. The van der Waals surface area contributed by atoms with Gasteiger partial charge in [-0.1, -0.05) is 36.4 Å². The van der Waals surface area contributed by atoms with E-state index in [1.54, 1.807) is 30.3 Å². The van der Waals surface area contributed by atoms with E-state index in [1.165, 1.54) is 25.3 Å². The van der Waals surface area contributed by atoms with Crippen molar-refractivity contribution in [1.29, 1.82) is 0 Å². The van der Waals surface area contributed by atoms with Crippen LogP contribution in [0.15, 0.2) is 58.3 Å². The number of amides is 2. The Morgan fingerprint density at radius 3 is 2.51 bits per heavy atom. The number of aromatic nitrogens is 3. The van der Waals surface area contributed by atoms with Crippen LogP contribution in [-0.2, 0) is 16.1 Å². The van der Waals surface area contributed by atoms with Crippen LogP contribution in [0.4, 0.5) is 17.6 Å². The molecule has 9 nitrogen and oxygen atoms in total. The molecule has 216 valence electrons. The Balaban J connectivity index is 1.38. The molecule has 2 aliphatic rings. The number of hydrogen-bond donors (Lipinski definition) is 2. The summed E-state index contributed by atoms with van der Waals surface area (Å²) in [6.45, 7) is 0.554. The lowest BCUT2D eigenvalue weighted by Gasteiger charge is -2.35. The second kappa shape index (κ2) is 10.9. The third-order valence-electron chi connectivity index (χ3n) is 7.51. The van der Waals surface area contributed by atoms with Crippen LogP contribution in [0.3, 0.4) is 0 Å². The molecule has 2 N–H and O–H groups in total. The van der Waals surface area contributed by atoms with E-state index in [0.29, 0.717) is 5.56 Å². The summed E-state index contributed by atoms with van der Waals surface area (Å²) >= 11 is 0. The third kappa shape index (κ3) is 5.93. The van der Waals surface area contributed by atoms with Gasteiger partial charge in [0, 0.05) is 36.6 Å². The first-order valence-corrected chi connectivity index (χ1v) is 13.1. The molecule has 0 bridgehead atoms. The fourth-order valence-electron chi connectivity index (χ4n) is 5.30. The van der Waals surface area contributed by atoms with E-state index in [-0.39, 0.29) is 29.8 Å². The first-order chi connectivity index (χ1) is 19.4. The molecular weight excluding hydrogens is 546 g/mol. The van der Waals surface area contributed by atoms with Crippen LogP contribution < -0.4 is 16.6 Å². The fraction of sp³-hybridized carbons (Fsp3) is 0.393. The summed E-state index contributed by atoms with van der Waals surface area (Å²) in [6.07, 6.45) is -1.53. The first kappa shape index (κ1) is 28.2. The van der Waals surface area contributed by atoms with Crippen molar-refractivity contribution in [3.05, 3.63) is 97.8 Å². The molecule has 1 aromatic carbocycles.